The van der Waals surface area contributed by atoms with E-state index in [2.05, 4.69) is 54.0 Å². The number of fused-ring (bicyclic) bond motifs is 6. The Bertz CT molecular complexity index is 1940. The first-order valence-corrected chi connectivity index (χ1v) is 19.7. The minimum Gasteiger partial charge on any atom is -0.507 e. The van der Waals surface area contributed by atoms with Crippen LogP contribution in [0.4, 0.5) is 0 Å². The van der Waals surface area contributed by atoms with Crippen LogP contribution in [0.2, 0.25) is 0 Å². The molecule has 4 aromatic rings. The first-order valence-electron chi connectivity index (χ1n) is 18.2. The second-order valence-electron chi connectivity index (χ2n) is 15.7. The van der Waals surface area contributed by atoms with Crippen LogP contribution in [0.3, 0.4) is 0 Å². The van der Waals surface area contributed by atoms with Gasteiger partial charge >= 0.3 is 0 Å². The molecule has 6 fully saturated rings. The van der Waals surface area contributed by atoms with Crippen molar-refractivity contribution < 1.29 is 27.2 Å². The second-order valence-corrected chi connectivity index (χ2v) is 17.7. The van der Waals surface area contributed by atoms with E-state index < -0.39 is 9.84 Å². The van der Waals surface area contributed by atoms with Gasteiger partial charge in [0.15, 0.2) is 0 Å². The molecule has 4 aromatic carbocycles. The number of aromatic hydroxyl groups is 1. The summed E-state index contributed by atoms with van der Waals surface area (Å²) in [6, 6.07) is 28.2. The van der Waals surface area contributed by atoms with Gasteiger partial charge in [-0.3, -0.25) is 9.80 Å². The lowest BCUT2D eigenvalue weighted by molar-refractivity contribution is -0.953. The van der Waals surface area contributed by atoms with E-state index in [4.69, 9.17) is 4.74 Å². The van der Waals surface area contributed by atoms with Gasteiger partial charge in [-0.15, -0.1) is 0 Å². The third-order valence-corrected chi connectivity index (χ3v) is 14.1. The van der Waals surface area contributed by atoms with Crippen LogP contribution in [-0.4, -0.2) is 111 Å². The first kappa shape index (κ1) is 33.4. The van der Waals surface area contributed by atoms with Gasteiger partial charge in [-0.25, -0.2) is 8.42 Å². The van der Waals surface area contributed by atoms with Crippen LogP contribution in [0.5, 0.6) is 17.2 Å². The molecule has 0 unspecified atom stereocenters. The number of sulfone groups is 1. The van der Waals surface area contributed by atoms with Crippen molar-refractivity contribution in [2.24, 2.45) is 0 Å². The topological polar surface area (TPSA) is 70.1 Å². The third-order valence-electron chi connectivity index (χ3n) is 12.4. The maximum absolute atomic E-state index is 13.2. The van der Waals surface area contributed by atoms with Crippen LogP contribution >= 0.6 is 0 Å². The van der Waals surface area contributed by atoms with E-state index in [0.717, 1.165) is 112 Å². The number of nitrogens with zero attached hydrogens (tertiary/aromatic N) is 4. The molecule has 9 heteroatoms. The van der Waals surface area contributed by atoms with E-state index in [1.807, 2.05) is 12.1 Å². The fourth-order valence-corrected chi connectivity index (χ4v) is 9.95. The molecule has 0 aromatic heterocycles. The normalized spacial score (nSPS) is 26.2. The number of quaternary nitrogens is 2. The number of ether oxygens (including phenoxy) is 1. The summed E-state index contributed by atoms with van der Waals surface area (Å²) in [6.45, 7) is 20.1. The molecule has 6 aliphatic heterocycles. The monoisotopic (exact) mass is 694 g/mol. The van der Waals surface area contributed by atoms with E-state index >= 15 is 0 Å². The summed E-state index contributed by atoms with van der Waals surface area (Å²) in [5.74, 6) is 1.83. The lowest BCUT2D eigenvalue weighted by Gasteiger charge is -2.50. The predicted molar refractivity (Wildman–Crippen MR) is 195 cm³/mol. The summed E-state index contributed by atoms with van der Waals surface area (Å²) in [5, 5.41) is 11.0. The molecule has 6 heterocycles. The van der Waals surface area contributed by atoms with Gasteiger partial charge in [0.1, 0.15) is 30.3 Å². The Morgan fingerprint density at radius 1 is 0.640 bits per heavy atom. The van der Waals surface area contributed by atoms with E-state index in [1.54, 1.807) is 48.5 Å². The number of phenolic OH excluding ortho intramolecular Hbond substituents is 1. The van der Waals surface area contributed by atoms with Crippen molar-refractivity contribution in [3.8, 4) is 17.2 Å². The van der Waals surface area contributed by atoms with Crippen molar-refractivity contribution in [1.29, 1.82) is 0 Å². The van der Waals surface area contributed by atoms with Crippen molar-refractivity contribution >= 4 is 9.84 Å². The highest BCUT2D eigenvalue weighted by atomic mass is 32.2. The summed E-state index contributed by atoms with van der Waals surface area (Å²) in [5.41, 5.74) is 4.34. The summed E-state index contributed by atoms with van der Waals surface area (Å²) in [4.78, 5) is 5.66. The van der Waals surface area contributed by atoms with Crippen LogP contribution in [0.1, 0.15) is 36.1 Å². The standard InChI is InChI=1S/C41H49N4O4S/c1-41(2,34-8-14-39(46)32(28-34)30-44-22-16-42(17-23-44)18-24-44)35-9-15-40(33(29-35)31-45-25-19-43(20-26-45)21-27-45)49-36-10-12-38(13-11-36)50(47,48)37-6-4-3-5-7-37/h3-15,28-29H,16-27,30-31H2,1-2H3/q+1/p+1. The maximum atomic E-state index is 13.2. The Kier molecular flexibility index (Phi) is 8.55. The largest absolute Gasteiger partial charge is 0.507 e. The molecule has 6 aliphatic rings. The Morgan fingerprint density at radius 3 is 1.68 bits per heavy atom. The molecule has 0 amide bonds. The Labute approximate surface area is 297 Å². The van der Waals surface area contributed by atoms with Gasteiger partial charge in [-0.2, -0.15) is 0 Å². The average Bonchev–Trinajstić information content (AvgIpc) is 3.15. The lowest BCUT2D eigenvalue weighted by atomic mass is 9.77. The van der Waals surface area contributed by atoms with Gasteiger partial charge in [0.05, 0.1) is 49.1 Å². The molecule has 0 radical (unpaired) electrons. The highest BCUT2D eigenvalue weighted by Gasteiger charge is 2.41. The SMILES string of the molecule is CC(C)(c1ccc(O)c(C[N+]23CCN(CC2)CC3)c1)c1ccc(Oc2ccc(S(=O)(=O)c3ccccc3)cc2)c(C[N+]23CCN(CC2)CC3)c1. The van der Waals surface area contributed by atoms with Gasteiger partial charge in [0, 0.05) is 55.8 Å². The molecular weight excluding hydrogens is 645 g/mol. The molecule has 50 heavy (non-hydrogen) atoms. The van der Waals surface area contributed by atoms with Crippen LogP contribution in [-0.2, 0) is 28.3 Å². The van der Waals surface area contributed by atoms with Crippen molar-refractivity contribution in [3.63, 3.8) is 0 Å². The van der Waals surface area contributed by atoms with Crippen molar-refractivity contribution in [2.75, 3.05) is 78.5 Å². The molecule has 10 rings (SSSR count). The Hall–Kier alpha value is -3.73. The first-order chi connectivity index (χ1) is 24.0. The molecule has 4 bridgehead atoms. The van der Waals surface area contributed by atoms with Crippen molar-refractivity contribution in [2.45, 2.75) is 42.1 Å². The summed E-state index contributed by atoms with van der Waals surface area (Å²) >= 11 is 0. The minimum absolute atomic E-state index is 0.249. The molecular formula is C41H50N4O4S+2. The smallest absolute Gasteiger partial charge is 0.206 e. The van der Waals surface area contributed by atoms with E-state index in [-0.39, 0.29) is 15.2 Å². The molecule has 0 spiro atoms. The van der Waals surface area contributed by atoms with Crippen molar-refractivity contribution in [3.05, 3.63) is 113 Å². The molecule has 0 saturated carbocycles. The fraction of sp³-hybridized carbons (Fsp3) is 0.415. The quantitative estimate of drug-likeness (QED) is 0.217. The summed E-state index contributed by atoms with van der Waals surface area (Å²) in [7, 11) is -3.61. The summed E-state index contributed by atoms with van der Waals surface area (Å²) in [6.07, 6.45) is 0. The lowest BCUT2D eigenvalue weighted by Crippen LogP contribution is -2.66. The zero-order valence-electron chi connectivity index (χ0n) is 29.4. The second kappa shape index (κ2) is 12.8. The molecule has 0 aliphatic carbocycles. The zero-order valence-corrected chi connectivity index (χ0v) is 30.2. The number of hydrogen-bond donors (Lipinski definition) is 1. The number of hydrogen-bond acceptors (Lipinski definition) is 6. The minimum atomic E-state index is -3.61. The van der Waals surface area contributed by atoms with Crippen LogP contribution in [0.25, 0.3) is 0 Å². The third kappa shape index (κ3) is 6.35. The van der Waals surface area contributed by atoms with E-state index in [9.17, 15) is 13.5 Å². The Morgan fingerprint density at radius 2 is 1.12 bits per heavy atom. The van der Waals surface area contributed by atoms with Gasteiger partial charge in [0.2, 0.25) is 9.84 Å². The van der Waals surface area contributed by atoms with Gasteiger partial charge in [-0.1, -0.05) is 44.2 Å². The van der Waals surface area contributed by atoms with Crippen molar-refractivity contribution in [1.82, 2.24) is 9.80 Å². The van der Waals surface area contributed by atoms with Crippen LogP contribution < -0.4 is 4.74 Å². The Balaban J connectivity index is 1.10. The van der Waals surface area contributed by atoms with E-state index in [0.29, 0.717) is 11.5 Å². The van der Waals surface area contributed by atoms with Gasteiger partial charge < -0.3 is 18.8 Å². The predicted octanol–water partition coefficient (Wildman–Crippen LogP) is 5.64. The van der Waals surface area contributed by atoms with Crippen LogP contribution in [0, 0.1) is 0 Å². The molecule has 1 N–H and O–H groups in total. The summed E-state index contributed by atoms with van der Waals surface area (Å²) < 4.78 is 35.1. The molecule has 0 atom stereocenters. The van der Waals surface area contributed by atoms with Crippen LogP contribution in [0.15, 0.2) is 101 Å². The van der Waals surface area contributed by atoms with Gasteiger partial charge in [0.25, 0.3) is 0 Å². The number of benzene rings is 4. The zero-order chi connectivity index (χ0) is 34.6. The number of piperazine rings is 6. The maximum Gasteiger partial charge on any atom is 0.206 e. The highest BCUT2D eigenvalue weighted by Crippen LogP contribution is 2.39. The number of rotatable bonds is 10. The number of phenols is 1. The molecule has 8 nitrogen and oxygen atoms in total. The fourth-order valence-electron chi connectivity index (χ4n) is 8.67. The molecule has 6 saturated heterocycles. The van der Waals surface area contributed by atoms with E-state index in [1.165, 1.54) is 16.7 Å². The highest BCUT2D eigenvalue weighted by molar-refractivity contribution is 7.91. The molecule has 262 valence electrons. The average molecular weight is 695 g/mol. The van der Waals surface area contributed by atoms with Gasteiger partial charge in [-0.05, 0) is 71.8 Å².